The van der Waals surface area contributed by atoms with Gasteiger partial charge in [0, 0.05) is 25.0 Å². The Labute approximate surface area is 132 Å². The highest BCUT2D eigenvalue weighted by Gasteiger charge is 2.31. The minimum atomic E-state index is -0.492. The molecule has 0 spiro atoms. The molecule has 1 aliphatic rings. The van der Waals surface area contributed by atoms with Crippen LogP contribution in [0.5, 0.6) is 5.75 Å². The maximum Gasteiger partial charge on any atom is 0.410 e. The van der Waals surface area contributed by atoms with Crippen LogP contribution < -0.4 is 10.5 Å². The van der Waals surface area contributed by atoms with Crippen LogP contribution in [0.3, 0.4) is 0 Å². The first-order valence-corrected chi connectivity index (χ1v) is 7.66. The number of nitrogens with zero attached hydrogens (tertiary/aromatic N) is 1. The van der Waals surface area contributed by atoms with Crippen LogP contribution in [0.4, 0.5) is 4.79 Å². The maximum absolute atomic E-state index is 12.3. The van der Waals surface area contributed by atoms with Crippen LogP contribution in [0.25, 0.3) is 0 Å². The molecule has 0 radical (unpaired) electrons. The fourth-order valence-corrected chi connectivity index (χ4v) is 2.73. The van der Waals surface area contributed by atoms with Gasteiger partial charge in [0.2, 0.25) is 0 Å². The summed E-state index contributed by atoms with van der Waals surface area (Å²) in [5.74, 6) is 1.05. The molecule has 1 aliphatic heterocycles. The molecule has 1 aromatic carbocycles. The maximum atomic E-state index is 12.3. The van der Waals surface area contributed by atoms with Crippen molar-refractivity contribution >= 4 is 6.09 Å². The number of rotatable bonds is 2. The highest BCUT2D eigenvalue weighted by Crippen LogP contribution is 2.28. The second-order valence-corrected chi connectivity index (χ2v) is 6.85. The summed E-state index contributed by atoms with van der Waals surface area (Å²) in [6.45, 7) is 6.79. The minimum absolute atomic E-state index is 0.0339. The molecule has 1 saturated heterocycles. The van der Waals surface area contributed by atoms with Gasteiger partial charge in [0.25, 0.3) is 0 Å². The van der Waals surface area contributed by atoms with Crippen LogP contribution in [0.15, 0.2) is 24.3 Å². The van der Waals surface area contributed by atoms with Crippen molar-refractivity contribution in [2.24, 2.45) is 5.73 Å². The first kappa shape index (κ1) is 16.6. The van der Waals surface area contributed by atoms with Crippen molar-refractivity contribution in [3.05, 3.63) is 29.8 Å². The Morgan fingerprint density at radius 1 is 1.23 bits per heavy atom. The third kappa shape index (κ3) is 4.37. The number of carbonyl (C=O) groups excluding carboxylic acids is 1. The highest BCUT2D eigenvalue weighted by atomic mass is 16.6. The number of carbonyl (C=O) groups is 1. The van der Waals surface area contributed by atoms with E-state index < -0.39 is 5.60 Å². The van der Waals surface area contributed by atoms with Crippen LogP contribution >= 0.6 is 0 Å². The summed E-state index contributed by atoms with van der Waals surface area (Å²) in [7, 11) is 1.65. The van der Waals surface area contributed by atoms with Crippen molar-refractivity contribution in [3.8, 4) is 5.75 Å². The van der Waals surface area contributed by atoms with E-state index in [1.807, 2.05) is 45.0 Å². The molecule has 2 atom stereocenters. The second-order valence-electron chi connectivity index (χ2n) is 6.85. The Bertz CT molecular complexity index is 508. The number of likely N-dealkylation sites (tertiary alicyclic amines) is 1. The van der Waals surface area contributed by atoms with Gasteiger partial charge in [-0.15, -0.1) is 0 Å². The van der Waals surface area contributed by atoms with Gasteiger partial charge in [0.15, 0.2) is 0 Å². The number of benzene rings is 1. The molecule has 1 amide bonds. The molecule has 0 aromatic heterocycles. The lowest BCUT2D eigenvalue weighted by atomic mass is 9.88. The van der Waals surface area contributed by atoms with Crippen molar-refractivity contribution in [1.82, 2.24) is 4.90 Å². The molecule has 5 heteroatoms. The number of piperidine rings is 1. The monoisotopic (exact) mass is 306 g/mol. The van der Waals surface area contributed by atoms with E-state index in [-0.39, 0.29) is 18.1 Å². The quantitative estimate of drug-likeness (QED) is 0.912. The van der Waals surface area contributed by atoms with Crippen molar-refractivity contribution in [2.75, 3.05) is 20.2 Å². The Morgan fingerprint density at radius 3 is 2.41 bits per heavy atom. The standard InChI is InChI=1S/C17H26N2O3/c1-17(2,3)22-16(20)19-10-13(9-14(18)11-19)12-5-7-15(21-4)8-6-12/h5-8,13-14H,9-11,18H2,1-4H3. The van der Waals surface area contributed by atoms with Crippen LogP contribution in [-0.4, -0.2) is 42.8 Å². The molecule has 1 fully saturated rings. The Balaban J connectivity index is 2.08. The van der Waals surface area contributed by atoms with Crippen molar-refractivity contribution in [2.45, 2.75) is 44.8 Å². The predicted octanol–water partition coefficient (Wildman–Crippen LogP) is 2.75. The van der Waals surface area contributed by atoms with E-state index in [9.17, 15) is 4.79 Å². The van der Waals surface area contributed by atoms with Gasteiger partial charge in [-0.25, -0.2) is 4.79 Å². The topological polar surface area (TPSA) is 64.8 Å². The number of amides is 1. The third-order valence-electron chi connectivity index (χ3n) is 3.72. The van der Waals surface area contributed by atoms with Gasteiger partial charge in [0.05, 0.1) is 7.11 Å². The molecular formula is C17H26N2O3. The van der Waals surface area contributed by atoms with Crippen LogP contribution in [0.1, 0.15) is 38.7 Å². The summed E-state index contributed by atoms with van der Waals surface area (Å²) in [6.07, 6.45) is 0.576. The average Bonchev–Trinajstić information content (AvgIpc) is 2.45. The summed E-state index contributed by atoms with van der Waals surface area (Å²) in [4.78, 5) is 14.0. The van der Waals surface area contributed by atoms with E-state index in [0.717, 1.165) is 12.2 Å². The predicted molar refractivity (Wildman–Crippen MR) is 86.1 cm³/mol. The van der Waals surface area contributed by atoms with Crippen molar-refractivity contribution in [3.63, 3.8) is 0 Å². The zero-order valence-electron chi connectivity index (χ0n) is 13.8. The van der Waals surface area contributed by atoms with E-state index in [1.54, 1.807) is 12.0 Å². The largest absolute Gasteiger partial charge is 0.497 e. The molecule has 1 heterocycles. The normalized spacial score (nSPS) is 22.3. The molecule has 1 aromatic rings. The van der Waals surface area contributed by atoms with E-state index in [1.165, 1.54) is 5.56 Å². The molecule has 22 heavy (non-hydrogen) atoms. The summed E-state index contributed by atoms with van der Waals surface area (Å²) >= 11 is 0. The Kier molecular flexibility index (Phi) is 4.96. The van der Waals surface area contributed by atoms with Crippen molar-refractivity contribution < 1.29 is 14.3 Å². The SMILES string of the molecule is COc1ccc(C2CC(N)CN(C(=O)OC(C)(C)C)C2)cc1. The second kappa shape index (κ2) is 6.57. The van der Waals surface area contributed by atoms with Crippen LogP contribution in [0, 0.1) is 0 Å². The first-order chi connectivity index (χ1) is 10.3. The lowest BCUT2D eigenvalue weighted by molar-refractivity contribution is 0.0180. The van der Waals surface area contributed by atoms with Gasteiger partial charge in [-0.3, -0.25) is 0 Å². The van der Waals surface area contributed by atoms with Gasteiger partial charge in [0.1, 0.15) is 11.4 Å². The van der Waals surface area contributed by atoms with Gasteiger partial charge < -0.3 is 20.1 Å². The summed E-state index contributed by atoms with van der Waals surface area (Å²) in [6, 6.07) is 7.91. The number of ether oxygens (including phenoxy) is 2. The van der Waals surface area contributed by atoms with Crippen LogP contribution in [-0.2, 0) is 4.74 Å². The summed E-state index contributed by atoms with van der Waals surface area (Å²) < 4.78 is 10.6. The number of hydrogen-bond acceptors (Lipinski definition) is 4. The number of nitrogens with two attached hydrogens (primary N) is 1. The van der Waals surface area contributed by atoms with Gasteiger partial charge >= 0.3 is 6.09 Å². The molecule has 0 saturated carbocycles. The number of hydrogen-bond donors (Lipinski definition) is 1. The third-order valence-corrected chi connectivity index (χ3v) is 3.72. The summed E-state index contributed by atoms with van der Waals surface area (Å²) in [5, 5.41) is 0. The number of methoxy groups -OCH3 is 1. The highest BCUT2D eigenvalue weighted by molar-refractivity contribution is 5.68. The van der Waals surface area contributed by atoms with E-state index in [0.29, 0.717) is 13.1 Å². The van der Waals surface area contributed by atoms with Crippen molar-refractivity contribution in [1.29, 1.82) is 0 Å². The van der Waals surface area contributed by atoms with Gasteiger partial charge in [-0.1, -0.05) is 12.1 Å². The Hall–Kier alpha value is -1.75. The van der Waals surface area contributed by atoms with E-state index >= 15 is 0 Å². The molecule has 0 aliphatic carbocycles. The summed E-state index contributed by atoms with van der Waals surface area (Å²) in [5.41, 5.74) is 6.82. The smallest absolute Gasteiger partial charge is 0.410 e. The molecule has 2 rings (SSSR count). The zero-order chi connectivity index (χ0) is 16.3. The molecule has 5 nitrogen and oxygen atoms in total. The Morgan fingerprint density at radius 2 is 1.86 bits per heavy atom. The fraction of sp³-hybridized carbons (Fsp3) is 0.588. The van der Waals surface area contributed by atoms with Crippen LogP contribution in [0.2, 0.25) is 0 Å². The van der Waals surface area contributed by atoms with Gasteiger partial charge in [-0.2, -0.15) is 0 Å². The molecule has 0 bridgehead atoms. The van der Waals surface area contributed by atoms with Gasteiger partial charge in [-0.05, 0) is 44.9 Å². The lowest BCUT2D eigenvalue weighted by Gasteiger charge is -2.37. The molecule has 122 valence electrons. The molecular weight excluding hydrogens is 280 g/mol. The minimum Gasteiger partial charge on any atom is -0.497 e. The average molecular weight is 306 g/mol. The zero-order valence-corrected chi connectivity index (χ0v) is 13.8. The molecule has 2 N–H and O–H groups in total. The first-order valence-electron chi connectivity index (χ1n) is 7.66. The molecule has 2 unspecified atom stereocenters. The van der Waals surface area contributed by atoms with E-state index in [4.69, 9.17) is 15.2 Å². The van der Waals surface area contributed by atoms with E-state index in [2.05, 4.69) is 0 Å². The fourth-order valence-electron chi connectivity index (χ4n) is 2.73. The lowest BCUT2D eigenvalue weighted by Crippen LogP contribution is -2.50.